The highest BCUT2D eigenvalue weighted by molar-refractivity contribution is 7.15. The van der Waals surface area contributed by atoms with Crippen LogP contribution in [0.25, 0.3) is 21.3 Å². The number of halogens is 5. The van der Waals surface area contributed by atoms with Crippen molar-refractivity contribution in [1.82, 2.24) is 14.5 Å². The molecule has 0 aliphatic carbocycles. The van der Waals surface area contributed by atoms with E-state index in [1.54, 1.807) is 5.38 Å². The van der Waals surface area contributed by atoms with Crippen molar-refractivity contribution in [2.75, 3.05) is 13.1 Å². The molecule has 3 heterocycles. The molecule has 1 saturated heterocycles. The summed E-state index contributed by atoms with van der Waals surface area (Å²) >= 11 is 1.14. The maximum Gasteiger partial charge on any atom is 0.416 e. The molecule has 1 fully saturated rings. The molecule has 3 aromatic rings. The van der Waals surface area contributed by atoms with Gasteiger partial charge in [-0.2, -0.15) is 13.2 Å². The van der Waals surface area contributed by atoms with Crippen LogP contribution in [0.5, 0.6) is 0 Å². The fraction of sp³-hybridized carbons (Fsp3) is 0.278. The van der Waals surface area contributed by atoms with Crippen LogP contribution in [0, 0.1) is 0 Å². The lowest BCUT2D eigenvalue weighted by atomic mass is 10.1. The Hall–Kier alpha value is -2.82. The van der Waals surface area contributed by atoms with Gasteiger partial charge in [-0.3, -0.25) is 14.2 Å². The van der Waals surface area contributed by atoms with Gasteiger partial charge in [0.25, 0.3) is 11.5 Å². The summed E-state index contributed by atoms with van der Waals surface area (Å²) in [6.07, 6.45) is -3.32. The van der Waals surface area contributed by atoms with E-state index in [1.807, 2.05) is 0 Å². The molecule has 0 radical (unpaired) electrons. The van der Waals surface area contributed by atoms with Crippen LogP contribution in [-0.2, 0) is 17.5 Å². The van der Waals surface area contributed by atoms with E-state index < -0.39 is 48.8 Å². The van der Waals surface area contributed by atoms with Crippen molar-refractivity contribution in [3.8, 4) is 10.4 Å². The molecule has 11 heteroatoms. The zero-order valence-electron chi connectivity index (χ0n) is 14.5. The van der Waals surface area contributed by atoms with Gasteiger partial charge in [0, 0.05) is 10.3 Å². The molecule has 1 aromatic carbocycles. The van der Waals surface area contributed by atoms with Crippen LogP contribution < -0.4 is 5.56 Å². The Labute approximate surface area is 164 Å². The number of alkyl halides is 5. The first kappa shape index (κ1) is 19.5. The van der Waals surface area contributed by atoms with E-state index in [9.17, 15) is 31.5 Å². The third-order valence-electron chi connectivity index (χ3n) is 4.56. The van der Waals surface area contributed by atoms with Gasteiger partial charge in [-0.1, -0.05) is 12.1 Å². The number of aromatic nitrogens is 2. The van der Waals surface area contributed by atoms with E-state index in [4.69, 9.17) is 0 Å². The molecule has 0 atom stereocenters. The fourth-order valence-electron chi connectivity index (χ4n) is 3.05. The van der Waals surface area contributed by atoms with E-state index in [2.05, 4.69) is 4.98 Å². The second-order valence-electron chi connectivity index (χ2n) is 6.68. The van der Waals surface area contributed by atoms with Crippen LogP contribution in [0.4, 0.5) is 22.0 Å². The SMILES string of the molecule is O=C(Cn1cnc2csc(-c3ccc(C(F)(F)F)cc3)c2c1=O)N1CC(F)(F)C1. The van der Waals surface area contributed by atoms with Crippen molar-refractivity contribution in [2.45, 2.75) is 18.6 Å². The molecule has 0 spiro atoms. The Morgan fingerprint density at radius 1 is 1.17 bits per heavy atom. The van der Waals surface area contributed by atoms with E-state index >= 15 is 0 Å². The number of carbonyl (C=O) groups excluding carboxylic acids is 1. The molecule has 2 aromatic heterocycles. The summed E-state index contributed by atoms with van der Waals surface area (Å²) in [5, 5.41) is 1.75. The zero-order valence-corrected chi connectivity index (χ0v) is 15.4. The van der Waals surface area contributed by atoms with Gasteiger partial charge in [0.15, 0.2) is 0 Å². The standard InChI is InChI=1S/C18H12F5N3O2S/c19-17(20)7-26(8-17)13(27)5-25-9-24-12-6-29-15(14(12)16(25)28)10-1-3-11(4-2-10)18(21,22)23/h1-4,6,9H,5,7-8H2. The monoisotopic (exact) mass is 429 g/mol. The topological polar surface area (TPSA) is 55.2 Å². The molecule has 152 valence electrons. The molecule has 4 rings (SSSR count). The first-order chi connectivity index (χ1) is 13.5. The quantitative estimate of drug-likeness (QED) is 0.598. The Balaban J connectivity index is 1.66. The van der Waals surface area contributed by atoms with Crippen LogP contribution >= 0.6 is 11.3 Å². The van der Waals surface area contributed by atoms with Gasteiger partial charge in [-0.15, -0.1) is 11.3 Å². The molecule has 0 N–H and O–H groups in total. The van der Waals surface area contributed by atoms with Crippen LogP contribution in [0.15, 0.2) is 40.8 Å². The minimum absolute atomic E-state index is 0.166. The highest BCUT2D eigenvalue weighted by atomic mass is 32.1. The largest absolute Gasteiger partial charge is 0.416 e. The molecule has 1 aliphatic rings. The fourth-order valence-corrected chi connectivity index (χ4v) is 4.04. The van der Waals surface area contributed by atoms with E-state index in [0.29, 0.717) is 16.0 Å². The lowest BCUT2D eigenvalue weighted by molar-refractivity contribution is -0.166. The molecule has 1 amide bonds. The molecular weight excluding hydrogens is 417 g/mol. The summed E-state index contributed by atoms with van der Waals surface area (Å²) in [4.78, 5) is 30.4. The van der Waals surface area contributed by atoms with Crippen LogP contribution in [0.3, 0.4) is 0 Å². The third-order valence-corrected chi connectivity index (χ3v) is 5.58. The van der Waals surface area contributed by atoms with Crippen molar-refractivity contribution in [2.24, 2.45) is 0 Å². The Bertz CT molecular complexity index is 1140. The number of carbonyl (C=O) groups is 1. The second-order valence-corrected chi connectivity index (χ2v) is 7.56. The summed E-state index contributed by atoms with van der Waals surface area (Å²) in [6, 6.07) is 4.36. The minimum Gasteiger partial charge on any atom is -0.329 e. The number of nitrogens with zero attached hydrogens (tertiary/aromatic N) is 3. The number of likely N-dealkylation sites (tertiary alicyclic amines) is 1. The number of benzene rings is 1. The highest BCUT2D eigenvalue weighted by Gasteiger charge is 2.46. The van der Waals surface area contributed by atoms with Gasteiger partial charge in [-0.25, -0.2) is 13.8 Å². The second kappa shape index (κ2) is 6.61. The average molecular weight is 429 g/mol. The minimum atomic E-state index is -4.47. The smallest absolute Gasteiger partial charge is 0.329 e. The predicted octanol–water partition coefficient (Wildman–Crippen LogP) is 3.62. The lowest BCUT2D eigenvalue weighted by Crippen LogP contribution is -2.59. The maximum atomic E-state index is 12.9. The summed E-state index contributed by atoms with van der Waals surface area (Å²) in [5.74, 6) is -3.54. The summed E-state index contributed by atoms with van der Waals surface area (Å²) in [5.41, 5.74) is -0.626. The summed E-state index contributed by atoms with van der Waals surface area (Å²) in [6.45, 7) is -1.82. The molecule has 5 nitrogen and oxygen atoms in total. The zero-order chi connectivity index (χ0) is 21.0. The number of thiophene rings is 1. The van der Waals surface area contributed by atoms with Crippen molar-refractivity contribution < 1.29 is 26.7 Å². The van der Waals surface area contributed by atoms with Gasteiger partial charge < -0.3 is 4.90 Å². The van der Waals surface area contributed by atoms with Crippen molar-refractivity contribution >= 4 is 28.1 Å². The molecule has 29 heavy (non-hydrogen) atoms. The van der Waals surface area contributed by atoms with Gasteiger partial charge >= 0.3 is 6.18 Å². The molecule has 0 saturated carbocycles. The van der Waals surface area contributed by atoms with Crippen molar-refractivity contribution in [3.05, 3.63) is 51.9 Å². The number of amides is 1. The van der Waals surface area contributed by atoms with Gasteiger partial charge in [-0.05, 0) is 17.7 Å². The summed E-state index contributed by atoms with van der Waals surface area (Å²) in [7, 11) is 0. The van der Waals surface area contributed by atoms with Crippen molar-refractivity contribution in [3.63, 3.8) is 0 Å². The number of rotatable bonds is 3. The number of fused-ring (bicyclic) bond motifs is 1. The van der Waals surface area contributed by atoms with Crippen molar-refractivity contribution in [1.29, 1.82) is 0 Å². The van der Waals surface area contributed by atoms with E-state index in [1.165, 1.54) is 12.1 Å². The third kappa shape index (κ3) is 3.61. The van der Waals surface area contributed by atoms with Crippen LogP contribution in [0.2, 0.25) is 0 Å². The van der Waals surface area contributed by atoms with E-state index in [0.717, 1.165) is 39.3 Å². The van der Waals surface area contributed by atoms with Crippen LogP contribution in [0.1, 0.15) is 5.56 Å². The summed E-state index contributed by atoms with van der Waals surface area (Å²) < 4.78 is 65.2. The van der Waals surface area contributed by atoms with Crippen LogP contribution in [-0.4, -0.2) is 39.4 Å². The number of hydrogen-bond acceptors (Lipinski definition) is 4. The Morgan fingerprint density at radius 2 is 1.83 bits per heavy atom. The van der Waals surface area contributed by atoms with E-state index in [-0.39, 0.29) is 5.39 Å². The lowest BCUT2D eigenvalue weighted by Gasteiger charge is -2.38. The molecule has 0 bridgehead atoms. The molecule has 1 aliphatic heterocycles. The van der Waals surface area contributed by atoms with Gasteiger partial charge in [0.2, 0.25) is 5.91 Å². The maximum absolute atomic E-state index is 12.9. The number of hydrogen-bond donors (Lipinski definition) is 0. The predicted molar refractivity (Wildman–Crippen MR) is 95.8 cm³/mol. The Morgan fingerprint density at radius 3 is 2.41 bits per heavy atom. The average Bonchev–Trinajstić information content (AvgIpc) is 3.06. The van der Waals surface area contributed by atoms with Gasteiger partial charge in [0.1, 0.15) is 6.54 Å². The highest BCUT2D eigenvalue weighted by Crippen LogP contribution is 2.35. The van der Waals surface area contributed by atoms with Gasteiger partial charge in [0.05, 0.1) is 35.9 Å². The first-order valence-electron chi connectivity index (χ1n) is 8.35. The molecular formula is C18H12F5N3O2S. The normalized spacial score (nSPS) is 16.1. The first-order valence-corrected chi connectivity index (χ1v) is 9.23. The Kier molecular flexibility index (Phi) is 4.45. The molecule has 0 unspecified atom stereocenters.